The van der Waals surface area contributed by atoms with E-state index in [9.17, 15) is 13.2 Å². The van der Waals surface area contributed by atoms with Crippen LogP contribution >= 0.6 is 0 Å². The van der Waals surface area contributed by atoms with Gasteiger partial charge in [0.1, 0.15) is 0 Å². The van der Waals surface area contributed by atoms with Crippen molar-refractivity contribution in [3.8, 4) is 0 Å². The van der Waals surface area contributed by atoms with Gasteiger partial charge in [-0.3, -0.25) is 14.2 Å². The van der Waals surface area contributed by atoms with Crippen LogP contribution in [0.15, 0.2) is 30.5 Å². The number of carbonyl (C=O) groups is 1. The topological polar surface area (TPSA) is 105 Å². The normalized spacial score (nSPS) is 17.5. The van der Waals surface area contributed by atoms with Crippen LogP contribution in [0.4, 0.5) is 11.4 Å². The standard InChI is InChI=1S/C18H25N5O3S/c1-3-27(25,26)22-16-7-6-14(11-13(16)2)20-18(24)17-8-10-23(21-17)15-5-4-9-19-12-15/h6-8,10-11,15,19,22H,3-5,9,12H2,1-2H3,(H,20,24). The van der Waals surface area contributed by atoms with Crippen molar-refractivity contribution in [2.24, 2.45) is 0 Å². The molecule has 0 spiro atoms. The minimum Gasteiger partial charge on any atom is -0.321 e. The third kappa shape index (κ3) is 4.86. The maximum absolute atomic E-state index is 12.5. The summed E-state index contributed by atoms with van der Waals surface area (Å²) in [6.45, 7) is 5.24. The van der Waals surface area contributed by atoms with E-state index in [-0.39, 0.29) is 17.7 Å². The zero-order valence-electron chi connectivity index (χ0n) is 15.5. The molecule has 1 aliphatic rings. The minimum atomic E-state index is -3.34. The minimum absolute atomic E-state index is 0.00407. The van der Waals surface area contributed by atoms with E-state index in [0.717, 1.165) is 31.5 Å². The molecular formula is C18H25N5O3S. The summed E-state index contributed by atoms with van der Waals surface area (Å²) in [4.78, 5) is 12.5. The molecule has 0 saturated carbocycles. The van der Waals surface area contributed by atoms with Crippen LogP contribution in [0.3, 0.4) is 0 Å². The average molecular weight is 391 g/mol. The molecule has 2 heterocycles. The van der Waals surface area contributed by atoms with Gasteiger partial charge in [-0.15, -0.1) is 0 Å². The maximum Gasteiger partial charge on any atom is 0.276 e. The van der Waals surface area contributed by atoms with Crippen molar-refractivity contribution in [3.63, 3.8) is 0 Å². The number of aromatic nitrogens is 2. The Balaban J connectivity index is 1.67. The average Bonchev–Trinajstić information content (AvgIpc) is 3.15. The lowest BCUT2D eigenvalue weighted by Gasteiger charge is -2.22. The molecule has 1 amide bonds. The number of benzene rings is 1. The van der Waals surface area contributed by atoms with Gasteiger partial charge >= 0.3 is 0 Å². The number of carbonyl (C=O) groups excluding carboxylic acids is 1. The number of hydrogen-bond donors (Lipinski definition) is 3. The first kappa shape index (κ1) is 19.4. The summed E-state index contributed by atoms with van der Waals surface area (Å²) in [5.41, 5.74) is 2.17. The fraction of sp³-hybridized carbons (Fsp3) is 0.444. The summed E-state index contributed by atoms with van der Waals surface area (Å²) in [7, 11) is -3.34. The van der Waals surface area contributed by atoms with Crippen molar-refractivity contribution in [2.45, 2.75) is 32.7 Å². The number of anilines is 2. The molecule has 1 fully saturated rings. The number of sulfonamides is 1. The number of nitrogens with one attached hydrogen (secondary N) is 3. The van der Waals surface area contributed by atoms with Gasteiger partial charge in [-0.25, -0.2) is 8.42 Å². The van der Waals surface area contributed by atoms with Crippen molar-refractivity contribution in [1.82, 2.24) is 15.1 Å². The van der Waals surface area contributed by atoms with Gasteiger partial charge in [-0.2, -0.15) is 5.10 Å². The molecule has 8 nitrogen and oxygen atoms in total. The molecular weight excluding hydrogens is 366 g/mol. The Morgan fingerprint density at radius 3 is 2.85 bits per heavy atom. The Morgan fingerprint density at radius 2 is 2.19 bits per heavy atom. The summed E-state index contributed by atoms with van der Waals surface area (Å²) >= 11 is 0. The van der Waals surface area contributed by atoms with Gasteiger partial charge in [0, 0.05) is 18.4 Å². The summed E-state index contributed by atoms with van der Waals surface area (Å²) in [5, 5.41) is 10.5. The molecule has 9 heteroatoms. The van der Waals surface area contributed by atoms with Crippen LogP contribution in [-0.2, 0) is 10.0 Å². The number of piperidine rings is 1. The monoisotopic (exact) mass is 391 g/mol. The van der Waals surface area contributed by atoms with Crippen LogP contribution < -0.4 is 15.4 Å². The van der Waals surface area contributed by atoms with Gasteiger partial charge in [0.15, 0.2) is 5.69 Å². The van der Waals surface area contributed by atoms with Crippen LogP contribution in [-0.4, -0.2) is 42.9 Å². The van der Waals surface area contributed by atoms with Crippen molar-refractivity contribution in [3.05, 3.63) is 41.7 Å². The van der Waals surface area contributed by atoms with E-state index in [1.807, 2.05) is 10.9 Å². The first-order valence-electron chi connectivity index (χ1n) is 9.06. The highest BCUT2D eigenvalue weighted by Crippen LogP contribution is 2.22. The van der Waals surface area contributed by atoms with E-state index in [4.69, 9.17) is 0 Å². The van der Waals surface area contributed by atoms with Gasteiger partial charge in [-0.1, -0.05) is 0 Å². The summed E-state index contributed by atoms with van der Waals surface area (Å²) in [6.07, 6.45) is 3.98. The lowest BCUT2D eigenvalue weighted by molar-refractivity contribution is 0.102. The first-order chi connectivity index (χ1) is 12.9. The van der Waals surface area contributed by atoms with Crippen LogP contribution in [0.5, 0.6) is 0 Å². The summed E-state index contributed by atoms with van der Waals surface area (Å²) < 4.78 is 27.8. The van der Waals surface area contributed by atoms with E-state index in [0.29, 0.717) is 17.1 Å². The van der Waals surface area contributed by atoms with E-state index >= 15 is 0 Å². The molecule has 0 bridgehead atoms. The molecule has 1 atom stereocenters. The Hall–Kier alpha value is -2.39. The number of amides is 1. The molecule has 0 aliphatic carbocycles. The first-order valence-corrected chi connectivity index (χ1v) is 10.7. The molecule has 1 aromatic heterocycles. The van der Waals surface area contributed by atoms with Crippen LogP contribution in [0.25, 0.3) is 0 Å². The molecule has 1 unspecified atom stereocenters. The third-order valence-electron chi connectivity index (χ3n) is 4.62. The van der Waals surface area contributed by atoms with Crippen LogP contribution in [0, 0.1) is 6.92 Å². The van der Waals surface area contributed by atoms with Gasteiger partial charge in [-0.05, 0) is 63.1 Å². The van der Waals surface area contributed by atoms with Crippen LogP contribution in [0.1, 0.15) is 41.9 Å². The van der Waals surface area contributed by atoms with Crippen molar-refractivity contribution < 1.29 is 13.2 Å². The van der Waals surface area contributed by atoms with Gasteiger partial charge in [0.2, 0.25) is 10.0 Å². The number of nitrogens with zero attached hydrogens (tertiary/aromatic N) is 2. The second-order valence-corrected chi connectivity index (χ2v) is 8.68. The van der Waals surface area contributed by atoms with E-state index in [1.54, 1.807) is 38.1 Å². The Kier molecular flexibility index (Phi) is 5.81. The maximum atomic E-state index is 12.5. The summed E-state index contributed by atoms with van der Waals surface area (Å²) in [6, 6.07) is 7.02. The number of aryl methyl sites for hydroxylation is 1. The highest BCUT2D eigenvalue weighted by molar-refractivity contribution is 7.92. The van der Waals surface area contributed by atoms with E-state index < -0.39 is 10.0 Å². The Bertz CT molecular complexity index is 917. The van der Waals surface area contributed by atoms with Crippen molar-refractivity contribution in [1.29, 1.82) is 0 Å². The SMILES string of the molecule is CCS(=O)(=O)Nc1ccc(NC(=O)c2ccn(C3CCCNC3)n2)cc1C. The molecule has 0 radical (unpaired) electrons. The van der Waals surface area contributed by atoms with Crippen molar-refractivity contribution in [2.75, 3.05) is 28.9 Å². The number of hydrogen-bond acceptors (Lipinski definition) is 5. The lowest BCUT2D eigenvalue weighted by atomic mass is 10.1. The largest absolute Gasteiger partial charge is 0.321 e. The van der Waals surface area contributed by atoms with Crippen LogP contribution in [0.2, 0.25) is 0 Å². The predicted molar refractivity (Wildman–Crippen MR) is 106 cm³/mol. The zero-order valence-corrected chi connectivity index (χ0v) is 16.3. The molecule has 1 aliphatic heterocycles. The molecule has 2 aromatic rings. The Morgan fingerprint density at radius 1 is 1.37 bits per heavy atom. The number of rotatable bonds is 6. The highest BCUT2D eigenvalue weighted by Gasteiger charge is 2.18. The molecule has 3 N–H and O–H groups in total. The second-order valence-electron chi connectivity index (χ2n) is 6.67. The zero-order chi connectivity index (χ0) is 19.4. The van der Waals surface area contributed by atoms with Gasteiger partial charge in [0.05, 0.1) is 17.5 Å². The van der Waals surface area contributed by atoms with Gasteiger partial charge < -0.3 is 10.6 Å². The predicted octanol–water partition coefficient (Wildman–Crippen LogP) is 2.13. The van der Waals surface area contributed by atoms with Gasteiger partial charge in [0.25, 0.3) is 5.91 Å². The summed E-state index contributed by atoms with van der Waals surface area (Å²) in [5.74, 6) is -0.289. The van der Waals surface area contributed by atoms with E-state index in [2.05, 4.69) is 20.5 Å². The fourth-order valence-electron chi connectivity index (χ4n) is 3.01. The smallest absolute Gasteiger partial charge is 0.276 e. The highest BCUT2D eigenvalue weighted by atomic mass is 32.2. The van der Waals surface area contributed by atoms with E-state index in [1.165, 1.54) is 0 Å². The molecule has 1 saturated heterocycles. The lowest BCUT2D eigenvalue weighted by Crippen LogP contribution is -2.32. The third-order valence-corrected chi connectivity index (χ3v) is 5.91. The fourth-order valence-corrected chi connectivity index (χ4v) is 3.72. The van der Waals surface area contributed by atoms with Crippen molar-refractivity contribution >= 4 is 27.3 Å². The molecule has 146 valence electrons. The molecule has 1 aromatic carbocycles. The molecule has 3 rings (SSSR count). The second kappa shape index (κ2) is 8.10. The quantitative estimate of drug-likeness (QED) is 0.700. The Labute approximate surface area is 159 Å². The molecule has 27 heavy (non-hydrogen) atoms.